The van der Waals surface area contributed by atoms with Gasteiger partial charge in [0.25, 0.3) is 0 Å². The second-order valence-corrected chi connectivity index (χ2v) is 6.43. The highest BCUT2D eigenvalue weighted by Crippen LogP contribution is 2.47. The number of nitrogens with zero attached hydrogens (tertiary/aromatic N) is 2. The van der Waals surface area contributed by atoms with Gasteiger partial charge in [0.05, 0.1) is 0 Å². The second-order valence-electron chi connectivity index (χ2n) is 6.04. The standard InChI is InChI=1S/C17H18ClN3/c18-16-8-13(6-7-19-16)20-17-14-10-21(11-15(14)17)9-12-4-2-1-3-5-12/h1-8,14-15,17H,9-11H2,(H,19,20). The van der Waals surface area contributed by atoms with E-state index in [1.165, 1.54) is 18.7 Å². The van der Waals surface area contributed by atoms with Crippen molar-refractivity contribution in [3.8, 4) is 0 Å². The van der Waals surface area contributed by atoms with E-state index in [4.69, 9.17) is 11.6 Å². The lowest BCUT2D eigenvalue weighted by molar-refractivity contribution is 0.293. The number of pyridine rings is 1. The van der Waals surface area contributed by atoms with Crippen LogP contribution in [0.1, 0.15) is 5.56 Å². The highest BCUT2D eigenvalue weighted by molar-refractivity contribution is 6.29. The summed E-state index contributed by atoms with van der Waals surface area (Å²) in [7, 11) is 0. The van der Waals surface area contributed by atoms with Crippen LogP contribution in [0.3, 0.4) is 0 Å². The first kappa shape index (κ1) is 13.1. The summed E-state index contributed by atoms with van der Waals surface area (Å²) in [4.78, 5) is 6.57. The average Bonchev–Trinajstić information content (AvgIpc) is 2.94. The highest BCUT2D eigenvalue weighted by atomic mass is 35.5. The number of rotatable bonds is 4. The van der Waals surface area contributed by atoms with E-state index >= 15 is 0 Å². The Morgan fingerprint density at radius 2 is 1.90 bits per heavy atom. The van der Waals surface area contributed by atoms with Gasteiger partial charge >= 0.3 is 0 Å². The summed E-state index contributed by atoms with van der Waals surface area (Å²) in [6, 6.07) is 15.2. The number of nitrogens with one attached hydrogen (secondary N) is 1. The van der Waals surface area contributed by atoms with Gasteiger partial charge in [0, 0.05) is 37.6 Å². The molecular formula is C17H18ClN3. The topological polar surface area (TPSA) is 28.2 Å². The molecule has 0 bridgehead atoms. The molecule has 4 rings (SSSR count). The van der Waals surface area contributed by atoms with Crippen molar-refractivity contribution in [3.05, 3.63) is 59.4 Å². The molecule has 2 aromatic rings. The number of piperidine rings is 1. The number of hydrogen-bond donors (Lipinski definition) is 1. The van der Waals surface area contributed by atoms with Crippen LogP contribution in [0.4, 0.5) is 5.69 Å². The van der Waals surface area contributed by atoms with Crippen LogP contribution >= 0.6 is 11.6 Å². The van der Waals surface area contributed by atoms with Gasteiger partial charge in [0.15, 0.2) is 0 Å². The van der Waals surface area contributed by atoms with Gasteiger partial charge in [0.2, 0.25) is 0 Å². The van der Waals surface area contributed by atoms with Crippen LogP contribution in [0.15, 0.2) is 48.7 Å². The average molecular weight is 300 g/mol. The fourth-order valence-electron chi connectivity index (χ4n) is 3.48. The summed E-state index contributed by atoms with van der Waals surface area (Å²) < 4.78 is 0. The van der Waals surface area contributed by atoms with Crippen molar-refractivity contribution in [2.75, 3.05) is 18.4 Å². The molecule has 1 N–H and O–H groups in total. The van der Waals surface area contributed by atoms with Crippen molar-refractivity contribution in [2.24, 2.45) is 11.8 Å². The van der Waals surface area contributed by atoms with Crippen LogP contribution in [0.5, 0.6) is 0 Å². The summed E-state index contributed by atoms with van der Waals surface area (Å²) in [5, 5.41) is 4.14. The molecule has 2 aliphatic rings. The molecule has 1 aliphatic carbocycles. The monoisotopic (exact) mass is 299 g/mol. The summed E-state index contributed by atoms with van der Waals surface area (Å²) in [5.41, 5.74) is 2.49. The SMILES string of the molecule is Clc1cc(NC2C3CN(Cc4ccccc4)CC32)ccn1. The Balaban J connectivity index is 1.31. The second kappa shape index (κ2) is 5.32. The van der Waals surface area contributed by atoms with Crippen LogP contribution < -0.4 is 5.32 Å². The molecule has 1 aromatic carbocycles. The Kier molecular flexibility index (Phi) is 3.32. The summed E-state index contributed by atoms with van der Waals surface area (Å²) in [6.45, 7) is 3.45. The van der Waals surface area contributed by atoms with Gasteiger partial charge in [-0.1, -0.05) is 41.9 Å². The molecule has 2 unspecified atom stereocenters. The zero-order chi connectivity index (χ0) is 14.2. The molecular weight excluding hydrogens is 282 g/mol. The smallest absolute Gasteiger partial charge is 0.131 e. The van der Waals surface area contributed by atoms with Crippen LogP contribution in [-0.2, 0) is 6.54 Å². The Bertz CT molecular complexity index is 619. The van der Waals surface area contributed by atoms with E-state index in [0.717, 1.165) is 24.1 Å². The lowest BCUT2D eigenvalue weighted by Gasteiger charge is -2.20. The van der Waals surface area contributed by atoms with Gasteiger partial charge in [0.1, 0.15) is 5.15 Å². The highest BCUT2D eigenvalue weighted by Gasteiger charge is 2.55. The van der Waals surface area contributed by atoms with Crippen molar-refractivity contribution < 1.29 is 0 Å². The number of fused-ring (bicyclic) bond motifs is 1. The van der Waals surface area contributed by atoms with E-state index in [1.807, 2.05) is 12.1 Å². The van der Waals surface area contributed by atoms with E-state index in [9.17, 15) is 0 Å². The van der Waals surface area contributed by atoms with Crippen molar-refractivity contribution in [2.45, 2.75) is 12.6 Å². The minimum absolute atomic E-state index is 0.552. The largest absolute Gasteiger partial charge is 0.381 e. The predicted molar refractivity (Wildman–Crippen MR) is 85.4 cm³/mol. The number of benzene rings is 1. The molecule has 1 saturated carbocycles. The normalized spacial score (nSPS) is 27.4. The molecule has 21 heavy (non-hydrogen) atoms. The van der Waals surface area contributed by atoms with Gasteiger partial charge < -0.3 is 5.32 Å². The Hall–Kier alpha value is -1.58. The summed E-state index contributed by atoms with van der Waals surface area (Å²) >= 11 is 5.92. The number of likely N-dealkylation sites (tertiary alicyclic amines) is 1. The van der Waals surface area contributed by atoms with Crippen molar-refractivity contribution >= 4 is 17.3 Å². The van der Waals surface area contributed by atoms with E-state index in [1.54, 1.807) is 6.20 Å². The van der Waals surface area contributed by atoms with Crippen LogP contribution in [0, 0.1) is 11.8 Å². The van der Waals surface area contributed by atoms with Gasteiger partial charge in [-0.2, -0.15) is 0 Å². The maximum absolute atomic E-state index is 5.92. The zero-order valence-corrected chi connectivity index (χ0v) is 12.5. The van der Waals surface area contributed by atoms with Gasteiger partial charge in [-0.25, -0.2) is 4.98 Å². The number of anilines is 1. The van der Waals surface area contributed by atoms with Gasteiger partial charge in [-0.15, -0.1) is 0 Å². The third-order valence-electron chi connectivity index (χ3n) is 4.58. The molecule has 3 nitrogen and oxygen atoms in total. The molecule has 1 saturated heterocycles. The molecule has 4 heteroatoms. The summed E-state index contributed by atoms with van der Waals surface area (Å²) in [5.74, 6) is 1.56. The van der Waals surface area contributed by atoms with Crippen LogP contribution in [0.2, 0.25) is 5.15 Å². The Morgan fingerprint density at radius 3 is 2.62 bits per heavy atom. The number of halogens is 1. The Labute approximate surface area is 129 Å². The maximum atomic E-state index is 5.92. The summed E-state index contributed by atoms with van der Waals surface area (Å²) in [6.07, 6.45) is 1.75. The lowest BCUT2D eigenvalue weighted by Crippen LogP contribution is -2.27. The van der Waals surface area contributed by atoms with Crippen molar-refractivity contribution in [1.29, 1.82) is 0 Å². The lowest BCUT2D eigenvalue weighted by atomic mass is 10.2. The van der Waals surface area contributed by atoms with E-state index < -0.39 is 0 Å². The van der Waals surface area contributed by atoms with E-state index in [-0.39, 0.29) is 0 Å². The molecule has 0 amide bonds. The first-order chi connectivity index (χ1) is 10.3. The maximum Gasteiger partial charge on any atom is 0.131 e. The number of aromatic nitrogens is 1. The van der Waals surface area contributed by atoms with Gasteiger partial charge in [-0.05, 0) is 29.5 Å². The Morgan fingerprint density at radius 1 is 1.14 bits per heavy atom. The van der Waals surface area contributed by atoms with Crippen molar-refractivity contribution in [1.82, 2.24) is 9.88 Å². The van der Waals surface area contributed by atoms with Gasteiger partial charge in [-0.3, -0.25) is 4.90 Å². The first-order valence-corrected chi connectivity index (χ1v) is 7.82. The molecule has 1 aromatic heterocycles. The quantitative estimate of drug-likeness (QED) is 0.878. The third kappa shape index (κ3) is 2.76. The van der Waals surface area contributed by atoms with Crippen LogP contribution in [-0.4, -0.2) is 29.0 Å². The fourth-order valence-corrected chi connectivity index (χ4v) is 3.66. The predicted octanol–water partition coefficient (Wildman–Crippen LogP) is 3.28. The van der Waals surface area contributed by atoms with Crippen LogP contribution in [0.25, 0.3) is 0 Å². The molecule has 2 atom stereocenters. The molecule has 1 aliphatic heterocycles. The number of hydrogen-bond acceptors (Lipinski definition) is 3. The first-order valence-electron chi connectivity index (χ1n) is 7.44. The molecule has 108 valence electrons. The van der Waals surface area contributed by atoms with E-state index in [2.05, 4.69) is 45.5 Å². The zero-order valence-electron chi connectivity index (χ0n) is 11.7. The minimum atomic E-state index is 0.552. The molecule has 2 heterocycles. The molecule has 0 spiro atoms. The fraction of sp³-hybridized carbons (Fsp3) is 0.353. The molecule has 0 radical (unpaired) electrons. The minimum Gasteiger partial charge on any atom is -0.381 e. The van der Waals surface area contributed by atoms with E-state index in [0.29, 0.717) is 11.2 Å². The van der Waals surface area contributed by atoms with Crippen molar-refractivity contribution in [3.63, 3.8) is 0 Å². The third-order valence-corrected chi connectivity index (χ3v) is 4.79. The molecule has 2 fully saturated rings.